The van der Waals surface area contributed by atoms with Gasteiger partial charge in [0.1, 0.15) is 5.60 Å². The van der Waals surface area contributed by atoms with Crippen LogP contribution in [0.4, 0.5) is 10.5 Å². The molecule has 0 spiro atoms. The quantitative estimate of drug-likeness (QED) is 0.867. The van der Waals surface area contributed by atoms with Gasteiger partial charge in [0.15, 0.2) is 0 Å². The number of hydrogen-bond donors (Lipinski definition) is 2. The summed E-state index contributed by atoms with van der Waals surface area (Å²) < 4.78 is 5.40. The molecule has 1 aromatic carbocycles. The number of fused-ring (bicyclic) bond motifs is 1. The number of aliphatic hydroxyl groups is 1. The molecule has 3 N–H and O–H groups in total. The number of anilines is 1. The van der Waals surface area contributed by atoms with Gasteiger partial charge in [-0.1, -0.05) is 12.1 Å². The summed E-state index contributed by atoms with van der Waals surface area (Å²) in [7, 11) is 0. The molecular formula is C15H22N2O3. The Labute approximate surface area is 119 Å². The standard InChI is InChI=1S/C15H22N2O3/c1-15(2,3)20-14(19)17-7-6-11-8-10(12(16)9-18)4-5-13(11)17/h4-5,8,12,18H,6-7,9,16H2,1-3H3. The van der Waals surface area contributed by atoms with E-state index in [9.17, 15) is 4.79 Å². The normalized spacial score (nSPS) is 15.9. The average molecular weight is 278 g/mol. The molecule has 2 rings (SSSR count). The van der Waals surface area contributed by atoms with Gasteiger partial charge in [0.05, 0.1) is 18.3 Å². The predicted molar refractivity (Wildman–Crippen MR) is 77.7 cm³/mol. The molecule has 1 aliphatic heterocycles. The first-order valence-electron chi connectivity index (χ1n) is 6.81. The minimum absolute atomic E-state index is 0.0887. The summed E-state index contributed by atoms with van der Waals surface area (Å²) >= 11 is 0. The van der Waals surface area contributed by atoms with Gasteiger partial charge in [-0.3, -0.25) is 4.90 Å². The Morgan fingerprint density at radius 3 is 2.80 bits per heavy atom. The zero-order chi connectivity index (χ0) is 14.9. The molecule has 1 heterocycles. The summed E-state index contributed by atoms with van der Waals surface area (Å²) in [6.07, 6.45) is 0.455. The van der Waals surface area contributed by atoms with E-state index in [0.29, 0.717) is 6.54 Å². The summed E-state index contributed by atoms with van der Waals surface area (Å²) in [5, 5.41) is 9.10. The second-order valence-electron chi connectivity index (χ2n) is 6.06. The fraction of sp³-hybridized carbons (Fsp3) is 0.533. The van der Waals surface area contributed by atoms with Crippen LogP contribution in [0.5, 0.6) is 0 Å². The van der Waals surface area contributed by atoms with Gasteiger partial charge in [-0.05, 0) is 44.4 Å². The van der Waals surface area contributed by atoms with Crippen molar-refractivity contribution in [1.29, 1.82) is 0 Å². The second kappa shape index (κ2) is 5.42. The van der Waals surface area contributed by atoms with Crippen LogP contribution in [0.1, 0.15) is 37.9 Å². The monoisotopic (exact) mass is 278 g/mol. The lowest BCUT2D eigenvalue weighted by Crippen LogP contribution is -2.35. The Bertz CT molecular complexity index is 508. The topological polar surface area (TPSA) is 75.8 Å². The molecule has 5 heteroatoms. The molecule has 0 saturated heterocycles. The maximum atomic E-state index is 12.1. The van der Waals surface area contributed by atoms with E-state index in [1.807, 2.05) is 39.0 Å². The van der Waals surface area contributed by atoms with Crippen LogP contribution < -0.4 is 10.6 Å². The molecule has 1 amide bonds. The average Bonchev–Trinajstić information content (AvgIpc) is 2.78. The number of nitrogens with two attached hydrogens (primary N) is 1. The van der Waals surface area contributed by atoms with Crippen LogP contribution in [-0.2, 0) is 11.2 Å². The minimum atomic E-state index is -0.501. The molecule has 5 nitrogen and oxygen atoms in total. The van der Waals surface area contributed by atoms with Gasteiger partial charge < -0.3 is 15.6 Å². The van der Waals surface area contributed by atoms with Gasteiger partial charge in [0.25, 0.3) is 0 Å². The van der Waals surface area contributed by atoms with Crippen molar-refractivity contribution in [2.45, 2.75) is 38.8 Å². The number of nitrogens with zero attached hydrogens (tertiary/aromatic N) is 1. The SMILES string of the molecule is CC(C)(C)OC(=O)N1CCc2cc(C(N)CO)ccc21. The molecule has 0 fully saturated rings. The Morgan fingerprint density at radius 1 is 1.50 bits per heavy atom. The number of rotatable bonds is 2. The van der Waals surface area contributed by atoms with Crippen LogP contribution in [0, 0.1) is 0 Å². The fourth-order valence-corrected chi connectivity index (χ4v) is 2.26. The summed E-state index contributed by atoms with van der Waals surface area (Å²) in [5.41, 5.74) is 8.13. The molecule has 1 atom stereocenters. The molecular weight excluding hydrogens is 256 g/mol. The predicted octanol–water partition coefficient (Wildman–Crippen LogP) is 1.98. The van der Waals surface area contributed by atoms with E-state index in [0.717, 1.165) is 23.2 Å². The van der Waals surface area contributed by atoms with Crippen molar-refractivity contribution in [3.05, 3.63) is 29.3 Å². The van der Waals surface area contributed by atoms with Gasteiger partial charge in [0.2, 0.25) is 0 Å². The van der Waals surface area contributed by atoms with Crippen molar-refractivity contribution in [2.24, 2.45) is 5.73 Å². The number of aliphatic hydroxyl groups excluding tert-OH is 1. The molecule has 0 aliphatic carbocycles. The first-order valence-corrected chi connectivity index (χ1v) is 6.81. The lowest BCUT2D eigenvalue weighted by molar-refractivity contribution is 0.0584. The number of amides is 1. The van der Waals surface area contributed by atoms with Crippen LogP contribution in [0.3, 0.4) is 0 Å². The van der Waals surface area contributed by atoms with Gasteiger partial charge in [-0.15, -0.1) is 0 Å². The Morgan fingerprint density at radius 2 is 2.20 bits per heavy atom. The number of hydrogen-bond acceptors (Lipinski definition) is 4. The number of carbonyl (C=O) groups is 1. The fourth-order valence-electron chi connectivity index (χ4n) is 2.26. The lowest BCUT2D eigenvalue weighted by Gasteiger charge is -2.25. The van der Waals surface area contributed by atoms with E-state index >= 15 is 0 Å². The molecule has 20 heavy (non-hydrogen) atoms. The van der Waals surface area contributed by atoms with Crippen molar-refractivity contribution in [3.63, 3.8) is 0 Å². The molecule has 0 aromatic heterocycles. The molecule has 1 aliphatic rings. The highest BCUT2D eigenvalue weighted by Crippen LogP contribution is 2.31. The summed E-state index contributed by atoms with van der Waals surface area (Å²) in [6, 6.07) is 5.30. The van der Waals surface area contributed by atoms with E-state index in [4.69, 9.17) is 15.6 Å². The molecule has 0 saturated carbocycles. The Kier molecular flexibility index (Phi) is 4.01. The zero-order valence-electron chi connectivity index (χ0n) is 12.2. The maximum absolute atomic E-state index is 12.1. The smallest absolute Gasteiger partial charge is 0.414 e. The minimum Gasteiger partial charge on any atom is -0.443 e. The molecule has 1 unspecified atom stereocenters. The van der Waals surface area contributed by atoms with Crippen LogP contribution in [-0.4, -0.2) is 30.0 Å². The van der Waals surface area contributed by atoms with E-state index in [-0.39, 0.29) is 18.7 Å². The maximum Gasteiger partial charge on any atom is 0.414 e. The highest BCUT2D eigenvalue weighted by Gasteiger charge is 2.29. The van der Waals surface area contributed by atoms with Crippen molar-refractivity contribution in [3.8, 4) is 0 Å². The van der Waals surface area contributed by atoms with Crippen molar-refractivity contribution >= 4 is 11.8 Å². The van der Waals surface area contributed by atoms with Gasteiger partial charge in [0, 0.05) is 6.54 Å². The first kappa shape index (κ1) is 14.8. The van der Waals surface area contributed by atoms with E-state index in [1.54, 1.807) is 4.90 Å². The highest BCUT2D eigenvalue weighted by molar-refractivity contribution is 5.90. The van der Waals surface area contributed by atoms with Crippen molar-refractivity contribution < 1.29 is 14.6 Å². The van der Waals surface area contributed by atoms with Crippen LogP contribution in [0.25, 0.3) is 0 Å². The van der Waals surface area contributed by atoms with Crippen LogP contribution in [0.15, 0.2) is 18.2 Å². The molecule has 1 aromatic rings. The third-order valence-corrected chi connectivity index (χ3v) is 3.24. The van der Waals surface area contributed by atoms with Gasteiger partial charge in [-0.2, -0.15) is 0 Å². The van der Waals surface area contributed by atoms with E-state index in [1.165, 1.54) is 0 Å². The second-order valence-corrected chi connectivity index (χ2v) is 6.06. The molecule has 0 radical (unpaired) electrons. The first-order chi connectivity index (χ1) is 9.31. The van der Waals surface area contributed by atoms with Crippen LogP contribution >= 0.6 is 0 Å². The van der Waals surface area contributed by atoms with E-state index < -0.39 is 5.60 Å². The third-order valence-electron chi connectivity index (χ3n) is 3.24. The number of benzene rings is 1. The van der Waals surface area contributed by atoms with Gasteiger partial charge >= 0.3 is 6.09 Å². The summed E-state index contributed by atoms with van der Waals surface area (Å²) in [4.78, 5) is 13.8. The lowest BCUT2D eigenvalue weighted by atomic mass is 10.0. The number of carbonyl (C=O) groups excluding carboxylic acids is 1. The highest BCUT2D eigenvalue weighted by atomic mass is 16.6. The van der Waals surface area contributed by atoms with E-state index in [2.05, 4.69) is 0 Å². The molecule has 0 bridgehead atoms. The molecule has 110 valence electrons. The largest absolute Gasteiger partial charge is 0.443 e. The third kappa shape index (κ3) is 3.11. The zero-order valence-corrected chi connectivity index (χ0v) is 12.2. The van der Waals surface area contributed by atoms with Crippen molar-refractivity contribution in [2.75, 3.05) is 18.1 Å². The Balaban J connectivity index is 2.19. The number of ether oxygens (including phenoxy) is 1. The summed E-state index contributed by atoms with van der Waals surface area (Å²) in [6.45, 7) is 6.08. The summed E-state index contributed by atoms with van der Waals surface area (Å²) in [5.74, 6) is 0. The van der Waals surface area contributed by atoms with Gasteiger partial charge in [-0.25, -0.2) is 4.79 Å². The Hall–Kier alpha value is -1.59. The van der Waals surface area contributed by atoms with Crippen LogP contribution in [0.2, 0.25) is 0 Å². The van der Waals surface area contributed by atoms with Crippen molar-refractivity contribution in [1.82, 2.24) is 0 Å².